The number of aryl methyl sites for hydroxylation is 1. The van der Waals surface area contributed by atoms with Gasteiger partial charge in [-0.2, -0.15) is 4.31 Å². The predicted molar refractivity (Wildman–Crippen MR) is 129 cm³/mol. The molecule has 0 saturated carbocycles. The lowest BCUT2D eigenvalue weighted by Gasteiger charge is -2.34. The average Bonchev–Trinajstić information content (AvgIpc) is 3.28. The Hall–Kier alpha value is -2.55. The third kappa shape index (κ3) is 4.77. The van der Waals surface area contributed by atoms with Gasteiger partial charge in [0.1, 0.15) is 0 Å². The Kier molecular flexibility index (Phi) is 6.74. The zero-order chi connectivity index (χ0) is 22.7. The molecule has 1 aliphatic heterocycles. The highest BCUT2D eigenvalue weighted by molar-refractivity contribution is 7.89. The van der Waals surface area contributed by atoms with Crippen molar-refractivity contribution in [3.8, 4) is 11.3 Å². The minimum Gasteiger partial charge on any atom is -0.298 e. The molecule has 6 nitrogen and oxygen atoms in total. The fraction of sp³-hybridized carbons (Fsp3) is 0.333. The lowest BCUT2D eigenvalue weighted by Crippen LogP contribution is -2.43. The average molecular weight is 470 g/mol. The molecule has 1 fully saturated rings. The molecule has 8 heteroatoms. The molecular formula is C24H27N3O3S2. The fourth-order valence-electron chi connectivity index (χ4n) is 3.97. The normalized spacial score (nSPS) is 17.2. The van der Waals surface area contributed by atoms with E-state index in [-0.39, 0.29) is 16.8 Å². The second-order valence-electron chi connectivity index (χ2n) is 8.06. The Morgan fingerprint density at radius 1 is 1.12 bits per heavy atom. The monoisotopic (exact) mass is 469 g/mol. The van der Waals surface area contributed by atoms with Crippen molar-refractivity contribution in [2.75, 3.05) is 11.9 Å². The van der Waals surface area contributed by atoms with Crippen LogP contribution in [0.2, 0.25) is 0 Å². The molecule has 168 valence electrons. The Bertz CT molecular complexity index is 1190. The van der Waals surface area contributed by atoms with Crippen LogP contribution >= 0.6 is 11.3 Å². The maximum absolute atomic E-state index is 13.1. The van der Waals surface area contributed by atoms with Crippen LogP contribution in [0.15, 0.2) is 58.8 Å². The van der Waals surface area contributed by atoms with E-state index in [0.29, 0.717) is 17.2 Å². The van der Waals surface area contributed by atoms with E-state index in [2.05, 4.69) is 10.3 Å². The molecule has 2 heterocycles. The van der Waals surface area contributed by atoms with Crippen LogP contribution in [0.5, 0.6) is 0 Å². The van der Waals surface area contributed by atoms with E-state index in [9.17, 15) is 13.2 Å². The number of hydrogen-bond donors (Lipinski definition) is 1. The van der Waals surface area contributed by atoms with Gasteiger partial charge in [-0.25, -0.2) is 13.4 Å². The molecule has 4 rings (SSSR count). The number of aromatic nitrogens is 1. The van der Waals surface area contributed by atoms with E-state index in [4.69, 9.17) is 0 Å². The van der Waals surface area contributed by atoms with E-state index >= 15 is 0 Å². The third-order valence-corrected chi connectivity index (χ3v) is 8.56. The minimum atomic E-state index is -3.56. The van der Waals surface area contributed by atoms with Gasteiger partial charge in [-0.05, 0) is 50.5 Å². The van der Waals surface area contributed by atoms with E-state index in [1.165, 1.54) is 29.0 Å². The highest BCUT2D eigenvalue weighted by Crippen LogP contribution is 2.28. The van der Waals surface area contributed by atoms with Crippen LogP contribution in [-0.2, 0) is 10.0 Å². The van der Waals surface area contributed by atoms with E-state index in [1.54, 1.807) is 16.4 Å². The molecule has 1 saturated heterocycles. The first-order chi connectivity index (χ1) is 15.4. The summed E-state index contributed by atoms with van der Waals surface area (Å²) in [5.74, 6) is -0.317. The summed E-state index contributed by atoms with van der Waals surface area (Å²) < 4.78 is 27.8. The van der Waals surface area contributed by atoms with Crippen molar-refractivity contribution in [2.45, 2.75) is 50.5 Å². The summed E-state index contributed by atoms with van der Waals surface area (Å²) >= 11 is 1.35. The van der Waals surface area contributed by atoms with Crippen LogP contribution in [0.1, 0.15) is 48.5 Å². The number of hydrogen-bond acceptors (Lipinski definition) is 5. The van der Waals surface area contributed by atoms with Crippen molar-refractivity contribution in [1.82, 2.24) is 9.29 Å². The second kappa shape index (κ2) is 9.52. The number of carbonyl (C=O) groups is 1. The summed E-state index contributed by atoms with van der Waals surface area (Å²) in [6.45, 7) is 4.60. The molecule has 1 aromatic heterocycles. The maximum atomic E-state index is 13.1. The zero-order valence-corrected chi connectivity index (χ0v) is 19.9. The van der Waals surface area contributed by atoms with Crippen LogP contribution in [0.4, 0.5) is 5.13 Å². The first-order valence-electron chi connectivity index (χ1n) is 10.8. The van der Waals surface area contributed by atoms with Crippen molar-refractivity contribution in [1.29, 1.82) is 0 Å². The molecule has 1 N–H and O–H groups in total. The molecule has 1 unspecified atom stereocenters. The number of piperidine rings is 1. The van der Waals surface area contributed by atoms with E-state index in [0.717, 1.165) is 36.9 Å². The van der Waals surface area contributed by atoms with Crippen LogP contribution < -0.4 is 5.32 Å². The Labute approximate surface area is 193 Å². The topological polar surface area (TPSA) is 79.4 Å². The molecule has 0 radical (unpaired) electrons. The molecule has 0 aliphatic carbocycles. The van der Waals surface area contributed by atoms with Gasteiger partial charge in [-0.3, -0.25) is 10.1 Å². The number of sulfonamides is 1. The van der Waals surface area contributed by atoms with Gasteiger partial charge in [-0.15, -0.1) is 11.3 Å². The Balaban J connectivity index is 1.46. The van der Waals surface area contributed by atoms with Gasteiger partial charge in [0.15, 0.2) is 5.13 Å². The molecule has 3 aromatic rings. The molecule has 1 atom stereocenters. The number of nitrogens with zero attached hydrogens (tertiary/aromatic N) is 2. The predicted octanol–water partition coefficient (Wildman–Crippen LogP) is 5.32. The number of nitrogens with one attached hydrogen (secondary N) is 1. The Morgan fingerprint density at radius 3 is 2.53 bits per heavy atom. The molecule has 0 bridgehead atoms. The Morgan fingerprint density at radius 2 is 1.84 bits per heavy atom. The summed E-state index contributed by atoms with van der Waals surface area (Å²) in [6.07, 6.45) is 3.65. The smallest absolute Gasteiger partial charge is 0.257 e. The largest absolute Gasteiger partial charge is 0.298 e. The molecular weight excluding hydrogens is 442 g/mol. The highest BCUT2D eigenvalue weighted by Gasteiger charge is 2.32. The molecule has 1 aliphatic rings. The van der Waals surface area contributed by atoms with Gasteiger partial charge in [0, 0.05) is 29.1 Å². The molecule has 1 amide bonds. The van der Waals surface area contributed by atoms with Crippen molar-refractivity contribution in [2.24, 2.45) is 0 Å². The summed E-state index contributed by atoms with van der Waals surface area (Å²) in [4.78, 5) is 17.4. The summed E-state index contributed by atoms with van der Waals surface area (Å²) in [5.41, 5.74) is 3.36. The number of rotatable bonds is 6. The van der Waals surface area contributed by atoms with Gasteiger partial charge < -0.3 is 0 Å². The molecule has 0 spiro atoms. The number of thiazole rings is 1. The lowest BCUT2D eigenvalue weighted by atomic mass is 10.0. The van der Waals surface area contributed by atoms with E-state index < -0.39 is 10.0 Å². The second-order valence-corrected chi connectivity index (χ2v) is 10.8. The lowest BCUT2D eigenvalue weighted by molar-refractivity contribution is 0.102. The van der Waals surface area contributed by atoms with Crippen LogP contribution in [-0.4, -0.2) is 36.2 Å². The van der Waals surface area contributed by atoms with Crippen molar-refractivity contribution in [3.63, 3.8) is 0 Å². The highest BCUT2D eigenvalue weighted by atomic mass is 32.2. The van der Waals surface area contributed by atoms with Crippen molar-refractivity contribution >= 4 is 32.4 Å². The number of anilines is 1. The fourth-order valence-corrected chi connectivity index (χ4v) is 6.45. The molecule has 32 heavy (non-hydrogen) atoms. The minimum absolute atomic E-state index is 0.0457. The van der Waals surface area contributed by atoms with Gasteiger partial charge in [0.2, 0.25) is 10.0 Å². The van der Waals surface area contributed by atoms with Crippen molar-refractivity contribution in [3.05, 3.63) is 65.0 Å². The van der Waals surface area contributed by atoms with Gasteiger partial charge in [0.25, 0.3) is 5.91 Å². The standard InChI is InChI=1S/C24H27N3O3S2/c1-3-20-6-4-5-15-27(20)32(29,30)21-13-11-19(12-14-21)23(28)26-24-25-22(16-31-24)18-9-7-17(2)8-10-18/h7-14,16,20H,3-6,15H2,1-2H3,(H,25,26,28). The summed E-state index contributed by atoms with van der Waals surface area (Å²) in [5, 5.41) is 5.21. The summed E-state index contributed by atoms with van der Waals surface area (Å²) in [7, 11) is -3.56. The SMILES string of the molecule is CCC1CCCCN1S(=O)(=O)c1ccc(C(=O)Nc2nc(-c3ccc(C)cc3)cs2)cc1. The summed E-state index contributed by atoms with van der Waals surface area (Å²) in [6, 6.07) is 14.2. The molecule has 2 aromatic carbocycles. The van der Waals surface area contributed by atoms with Gasteiger partial charge in [-0.1, -0.05) is 43.2 Å². The quantitative estimate of drug-likeness (QED) is 0.530. The van der Waals surface area contributed by atoms with Crippen molar-refractivity contribution < 1.29 is 13.2 Å². The van der Waals surface area contributed by atoms with Crippen LogP contribution in [0.25, 0.3) is 11.3 Å². The first kappa shape index (κ1) is 22.6. The number of benzene rings is 2. The third-order valence-electron chi connectivity index (χ3n) is 5.84. The van der Waals surface area contributed by atoms with Crippen LogP contribution in [0, 0.1) is 6.92 Å². The number of carbonyl (C=O) groups excluding carboxylic acids is 1. The zero-order valence-electron chi connectivity index (χ0n) is 18.2. The van der Waals surface area contributed by atoms with Crippen LogP contribution in [0.3, 0.4) is 0 Å². The number of amides is 1. The first-order valence-corrected chi connectivity index (χ1v) is 13.2. The van der Waals surface area contributed by atoms with E-state index in [1.807, 2.05) is 43.5 Å². The van der Waals surface area contributed by atoms with Gasteiger partial charge >= 0.3 is 0 Å². The van der Waals surface area contributed by atoms with Gasteiger partial charge in [0.05, 0.1) is 10.6 Å². The maximum Gasteiger partial charge on any atom is 0.257 e.